The Kier molecular flexibility index (Phi) is 5.48. The van der Waals surface area contributed by atoms with Crippen LogP contribution in [0.4, 0.5) is 0 Å². The molecular formula is C15H16N2O3. The van der Waals surface area contributed by atoms with Crippen LogP contribution in [0.25, 0.3) is 0 Å². The molecule has 0 unspecified atom stereocenters. The highest BCUT2D eigenvalue weighted by atomic mass is 16.5. The van der Waals surface area contributed by atoms with E-state index in [1.54, 1.807) is 37.3 Å². The van der Waals surface area contributed by atoms with Crippen LogP contribution >= 0.6 is 0 Å². The zero-order valence-electron chi connectivity index (χ0n) is 11.5. The molecule has 0 aromatic heterocycles. The summed E-state index contributed by atoms with van der Waals surface area (Å²) >= 11 is 0. The van der Waals surface area contributed by atoms with Crippen molar-refractivity contribution in [3.63, 3.8) is 0 Å². The maximum absolute atomic E-state index is 11.7. The van der Waals surface area contributed by atoms with Crippen molar-refractivity contribution < 1.29 is 14.3 Å². The van der Waals surface area contributed by atoms with Crippen LogP contribution in [-0.4, -0.2) is 18.2 Å². The van der Waals surface area contributed by atoms with Crippen molar-refractivity contribution in [2.45, 2.75) is 20.3 Å². The van der Waals surface area contributed by atoms with E-state index in [-0.39, 0.29) is 23.7 Å². The number of carbonyl (C=O) groups excluding carboxylic acids is 2. The quantitative estimate of drug-likeness (QED) is 0.485. The molecule has 5 heteroatoms. The molecule has 0 aliphatic rings. The lowest BCUT2D eigenvalue weighted by Crippen LogP contribution is -2.16. The Bertz CT molecular complexity index is 576. The first-order valence-electron chi connectivity index (χ1n) is 6.15. The van der Waals surface area contributed by atoms with Crippen molar-refractivity contribution >= 4 is 11.6 Å². The number of ether oxygens (including phenoxy) is 1. The minimum Gasteiger partial charge on any atom is -0.485 e. The number of nitriles is 1. The van der Waals surface area contributed by atoms with E-state index in [0.29, 0.717) is 17.7 Å². The summed E-state index contributed by atoms with van der Waals surface area (Å²) in [5, 5.41) is 8.79. The van der Waals surface area contributed by atoms with Gasteiger partial charge in [0.1, 0.15) is 17.4 Å². The molecule has 5 nitrogen and oxygen atoms in total. The molecule has 0 bridgehead atoms. The number of ketones is 2. The summed E-state index contributed by atoms with van der Waals surface area (Å²) < 4.78 is 5.27. The summed E-state index contributed by atoms with van der Waals surface area (Å²) in [5.41, 5.74) is 6.10. The molecule has 104 valence electrons. The van der Waals surface area contributed by atoms with E-state index in [1.165, 1.54) is 6.92 Å². The van der Waals surface area contributed by atoms with E-state index in [2.05, 4.69) is 0 Å². The Balaban J connectivity index is 2.68. The summed E-state index contributed by atoms with van der Waals surface area (Å²) in [6.45, 7) is 3.01. The average molecular weight is 272 g/mol. The number of Topliss-reactive ketones (excluding diaryl/α,β-unsaturated/α-hetero) is 2. The van der Waals surface area contributed by atoms with Gasteiger partial charge in [0, 0.05) is 17.7 Å². The maximum atomic E-state index is 11.7. The fourth-order valence-electron chi connectivity index (χ4n) is 1.53. The highest BCUT2D eigenvalue weighted by molar-refractivity contribution is 6.00. The minimum absolute atomic E-state index is 0.0427. The van der Waals surface area contributed by atoms with Crippen LogP contribution in [0.5, 0.6) is 5.75 Å². The van der Waals surface area contributed by atoms with Crippen molar-refractivity contribution in [2.75, 3.05) is 6.61 Å². The van der Waals surface area contributed by atoms with Crippen molar-refractivity contribution in [3.05, 3.63) is 41.1 Å². The lowest BCUT2D eigenvalue weighted by atomic mass is 10.1. The molecule has 2 N–H and O–H groups in total. The van der Waals surface area contributed by atoms with Crippen LogP contribution in [0.2, 0.25) is 0 Å². The average Bonchev–Trinajstić information content (AvgIpc) is 2.45. The molecule has 0 saturated carbocycles. The summed E-state index contributed by atoms with van der Waals surface area (Å²) in [5.74, 6) is 0.0280. The van der Waals surface area contributed by atoms with E-state index in [9.17, 15) is 9.59 Å². The van der Waals surface area contributed by atoms with Crippen LogP contribution in [0.15, 0.2) is 35.5 Å². The molecule has 0 fully saturated rings. The van der Waals surface area contributed by atoms with E-state index in [1.807, 2.05) is 0 Å². The van der Waals surface area contributed by atoms with Gasteiger partial charge in [-0.3, -0.25) is 9.59 Å². The number of benzene rings is 1. The number of nitrogens with two attached hydrogens (primary N) is 1. The summed E-state index contributed by atoms with van der Waals surface area (Å²) in [4.78, 5) is 23.1. The molecule has 1 aromatic carbocycles. The molecule has 1 rings (SSSR count). The highest BCUT2D eigenvalue weighted by Gasteiger charge is 2.12. The number of carbonyl (C=O) groups is 2. The molecule has 0 aliphatic carbocycles. The van der Waals surface area contributed by atoms with E-state index < -0.39 is 5.78 Å². The second-order valence-corrected chi connectivity index (χ2v) is 4.18. The smallest absolute Gasteiger partial charge is 0.212 e. The Morgan fingerprint density at radius 2 is 1.90 bits per heavy atom. The lowest BCUT2D eigenvalue weighted by Gasteiger charge is -2.06. The third-order valence-electron chi connectivity index (χ3n) is 2.65. The molecular weight excluding hydrogens is 256 g/mol. The molecule has 0 heterocycles. The van der Waals surface area contributed by atoms with Crippen molar-refractivity contribution in [3.8, 4) is 11.8 Å². The SMILES string of the molecule is CCC(=O)c1ccc(OCC(=O)/C(C#N)=C(\C)N)cc1. The first-order chi connectivity index (χ1) is 9.49. The lowest BCUT2D eigenvalue weighted by molar-refractivity contribution is -0.117. The van der Waals surface area contributed by atoms with Gasteiger partial charge in [-0.05, 0) is 31.2 Å². The molecule has 0 spiro atoms. The number of rotatable bonds is 6. The first kappa shape index (κ1) is 15.4. The van der Waals surface area contributed by atoms with Crippen LogP contribution in [-0.2, 0) is 4.79 Å². The summed E-state index contributed by atoms with van der Waals surface area (Å²) in [7, 11) is 0. The minimum atomic E-state index is -0.471. The predicted molar refractivity (Wildman–Crippen MR) is 74.1 cm³/mol. The maximum Gasteiger partial charge on any atom is 0.212 e. The third-order valence-corrected chi connectivity index (χ3v) is 2.65. The van der Waals surface area contributed by atoms with E-state index in [4.69, 9.17) is 15.7 Å². The van der Waals surface area contributed by atoms with Crippen LogP contribution in [0.3, 0.4) is 0 Å². The number of hydrogen-bond donors (Lipinski definition) is 1. The third kappa shape index (κ3) is 3.95. The van der Waals surface area contributed by atoms with Gasteiger partial charge < -0.3 is 10.5 Å². The standard InChI is InChI=1S/C15H16N2O3/c1-3-14(18)11-4-6-12(7-5-11)20-9-15(19)13(8-16)10(2)17/h4-7H,3,9,17H2,1-2H3/b13-10+. The predicted octanol–water partition coefficient (Wildman–Crippen LogP) is 1.98. The molecule has 0 aliphatic heterocycles. The normalized spacial score (nSPS) is 11.2. The van der Waals surface area contributed by atoms with Gasteiger partial charge in [-0.2, -0.15) is 5.26 Å². The molecule has 1 aromatic rings. The Morgan fingerprint density at radius 1 is 1.30 bits per heavy atom. The Labute approximate surface area is 117 Å². The van der Waals surface area contributed by atoms with Crippen LogP contribution in [0, 0.1) is 11.3 Å². The van der Waals surface area contributed by atoms with E-state index >= 15 is 0 Å². The summed E-state index contributed by atoms with van der Waals surface area (Å²) in [6, 6.07) is 8.25. The molecule has 0 radical (unpaired) electrons. The highest BCUT2D eigenvalue weighted by Crippen LogP contribution is 2.14. The van der Waals surface area contributed by atoms with Gasteiger partial charge >= 0.3 is 0 Å². The van der Waals surface area contributed by atoms with Gasteiger partial charge in [-0.15, -0.1) is 0 Å². The second kappa shape index (κ2) is 7.10. The topological polar surface area (TPSA) is 93.2 Å². The largest absolute Gasteiger partial charge is 0.485 e. The van der Waals surface area contributed by atoms with Crippen molar-refractivity contribution in [1.82, 2.24) is 0 Å². The Hall–Kier alpha value is -2.61. The van der Waals surface area contributed by atoms with Gasteiger partial charge in [0.05, 0.1) is 0 Å². The van der Waals surface area contributed by atoms with Crippen LogP contribution < -0.4 is 10.5 Å². The van der Waals surface area contributed by atoms with Gasteiger partial charge in [0.15, 0.2) is 12.4 Å². The number of hydrogen-bond acceptors (Lipinski definition) is 5. The van der Waals surface area contributed by atoms with Gasteiger partial charge in [-0.25, -0.2) is 0 Å². The zero-order chi connectivity index (χ0) is 15.1. The number of nitrogens with zero attached hydrogens (tertiary/aromatic N) is 1. The van der Waals surface area contributed by atoms with Gasteiger partial charge in [0.25, 0.3) is 0 Å². The van der Waals surface area contributed by atoms with Gasteiger partial charge in [0.2, 0.25) is 5.78 Å². The monoisotopic (exact) mass is 272 g/mol. The molecule has 0 amide bonds. The van der Waals surface area contributed by atoms with Gasteiger partial charge in [-0.1, -0.05) is 6.92 Å². The Morgan fingerprint density at radius 3 is 2.35 bits per heavy atom. The second-order valence-electron chi connectivity index (χ2n) is 4.18. The molecule has 20 heavy (non-hydrogen) atoms. The van der Waals surface area contributed by atoms with Crippen LogP contribution in [0.1, 0.15) is 30.6 Å². The zero-order valence-corrected chi connectivity index (χ0v) is 11.5. The fraction of sp³-hybridized carbons (Fsp3) is 0.267. The molecule has 0 atom stereocenters. The van der Waals surface area contributed by atoms with Crippen molar-refractivity contribution in [2.24, 2.45) is 5.73 Å². The number of allylic oxidation sites excluding steroid dienone is 1. The van der Waals surface area contributed by atoms with E-state index in [0.717, 1.165) is 0 Å². The van der Waals surface area contributed by atoms with Crippen molar-refractivity contribution in [1.29, 1.82) is 5.26 Å². The fourth-order valence-corrected chi connectivity index (χ4v) is 1.53. The summed E-state index contributed by atoms with van der Waals surface area (Å²) in [6.07, 6.45) is 0.435. The molecule has 0 saturated heterocycles. The first-order valence-corrected chi connectivity index (χ1v) is 6.15.